The van der Waals surface area contributed by atoms with Crippen molar-refractivity contribution >= 4 is 29.0 Å². The molecular formula is C15H11N3O3S. The van der Waals surface area contributed by atoms with Crippen LogP contribution >= 0.6 is 11.8 Å². The zero-order valence-corrected chi connectivity index (χ0v) is 12.2. The molecule has 0 saturated carbocycles. The van der Waals surface area contributed by atoms with Crippen molar-refractivity contribution in [1.82, 2.24) is 0 Å². The molecule has 110 valence electrons. The van der Waals surface area contributed by atoms with Gasteiger partial charge < -0.3 is 5.32 Å². The Bertz CT molecular complexity index is 756. The maximum absolute atomic E-state index is 11.5. The molecule has 0 radical (unpaired) electrons. The van der Waals surface area contributed by atoms with Gasteiger partial charge in [-0.25, -0.2) is 0 Å². The molecule has 0 unspecified atom stereocenters. The Hall–Kier alpha value is -2.85. The number of nitrogens with zero attached hydrogens (tertiary/aromatic N) is 2. The van der Waals surface area contributed by atoms with Crippen molar-refractivity contribution in [3.8, 4) is 6.07 Å². The molecule has 22 heavy (non-hydrogen) atoms. The number of hydrogen-bond donors (Lipinski definition) is 1. The van der Waals surface area contributed by atoms with Crippen molar-refractivity contribution in [2.45, 2.75) is 16.2 Å². The normalized spacial score (nSPS) is 9.77. The fraction of sp³-hybridized carbons (Fsp3) is 0.0667. The lowest BCUT2D eigenvalue weighted by atomic mass is 10.3. The second-order valence-electron chi connectivity index (χ2n) is 4.21. The fourth-order valence-corrected chi connectivity index (χ4v) is 2.74. The number of nitro benzene ring substituents is 1. The third-order valence-corrected chi connectivity index (χ3v) is 3.82. The zero-order valence-electron chi connectivity index (χ0n) is 11.4. The van der Waals surface area contributed by atoms with Crippen molar-refractivity contribution in [3.05, 3.63) is 58.6 Å². The summed E-state index contributed by atoms with van der Waals surface area (Å²) in [5.41, 5.74) is 0.525. The van der Waals surface area contributed by atoms with Gasteiger partial charge in [0.25, 0.3) is 5.69 Å². The summed E-state index contributed by atoms with van der Waals surface area (Å²) in [6.45, 7) is 0. The Morgan fingerprint density at radius 2 is 1.82 bits per heavy atom. The van der Waals surface area contributed by atoms with Gasteiger partial charge in [0.05, 0.1) is 21.6 Å². The number of rotatable bonds is 5. The van der Waals surface area contributed by atoms with Crippen LogP contribution in [0.3, 0.4) is 0 Å². The van der Waals surface area contributed by atoms with Crippen LogP contribution in [0.5, 0.6) is 0 Å². The molecule has 2 aromatic rings. The molecular weight excluding hydrogens is 302 g/mol. The number of hydrogen-bond acceptors (Lipinski definition) is 5. The highest BCUT2D eigenvalue weighted by Gasteiger charge is 2.15. The summed E-state index contributed by atoms with van der Waals surface area (Å²) in [4.78, 5) is 23.3. The number of anilines is 1. The highest BCUT2D eigenvalue weighted by atomic mass is 32.2. The summed E-state index contributed by atoms with van der Waals surface area (Å²) in [6, 6.07) is 15.1. The van der Waals surface area contributed by atoms with Gasteiger partial charge in [-0.05, 0) is 18.2 Å². The molecule has 0 heterocycles. The molecule has 6 nitrogen and oxygen atoms in total. The Balaban J connectivity index is 2.29. The number of carbonyl (C=O) groups excluding carboxylic acids is 1. The van der Waals surface area contributed by atoms with Crippen molar-refractivity contribution < 1.29 is 9.72 Å². The lowest BCUT2D eigenvalue weighted by Crippen LogP contribution is -2.10. The molecule has 1 amide bonds. The smallest absolute Gasteiger partial charge is 0.283 e. The van der Waals surface area contributed by atoms with Gasteiger partial charge in [-0.15, -0.1) is 0 Å². The van der Waals surface area contributed by atoms with Gasteiger partial charge in [0, 0.05) is 11.0 Å². The molecule has 0 aromatic heterocycles. The van der Waals surface area contributed by atoms with Crippen LogP contribution in [0, 0.1) is 21.4 Å². The molecule has 0 bridgehead atoms. The third-order valence-electron chi connectivity index (χ3n) is 2.68. The average molecular weight is 313 g/mol. The van der Waals surface area contributed by atoms with E-state index in [2.05, 4.69) is 5.32 Å². The molecule has 0 saturated heterocycles. The number of amides is 1. The molecule has 0 atom stereocenters. The monoisotopic (exact) mass is 313 g/mol. The first-order valence-electron chi connectivity index (χ1n) is 6.29. The third kappa shape index (κ3) is 3.84. The first-order valence-corrected chi connectivity index (χ1v) is 7.10. The van der Waals surface area contributed by atoms with Crippen molar-refractivity contribution in [3.63, 3.8) is 0 Å². The van der Waals surface area contributed by atoms with E-state index >= 15 is 0 Å². The summed E-state index contributed by atoms with van der Waals surface area (Å²) in [5, 5.41) is 22.2. The van der Waals surface area contributed by atoms with E-state index in [0.29, 0.717) is 15.5 Å². The van der Waals surface area contributed by atoms with Crippen LogP contribution in [0.1, 0.15) is 6.42 Å². The number of nitro groups is 1. The Morgan fingerprint density at radius 3 is 2.50 bits per heavy atom. The summed E-state index contributed by atoms with van der Waals surface area (Å²) in [7, 11) is 0. The molecule has 2 rings (SSSR count). The lowest BCUT2D eigenvalue weighted by molar-refractivity contribution is -0.387. The van der Waals surface area contributed by atoms with Crippen LogP contribution in [0.4, 0.5) is 11.4 Å². The Labute approximate surface area is 130 Å². The predicted octanol–water partition coefficient (Wildman–Crippen LogP) is 3.60. The van der Waals surface area contributed by atoms with E-state index in [1.165, 1.54) is 17.8 Å². The zero-order chi connectivity index (χ0) is 15.9. The fourth-order valence-electron chi connectivity index (χ4n) is 1.74. The maximum Gasteiger partial charge on any atom is 0.283 e. The van der Waals surface area contributed by atoms with Crippen LogP contribution in [0.25, 0.3) is 0 Å². The number of para-hydroxylation sites is 2. The summed E-state index contributed by atoms with van der Waals surface area (Å²) >= 11 is 1.19. The molecule has 7 heteroatoms. The van der Waals surface area contributed by atoms with Crippen molar-refractivity contribution in [2.75, 3.05) is 5.32 Å². The van der Waals surface area contributed by atoms with E-state index < -0.39 is 10.8 Å². The molecule has 0 fully saturated rings. The lowest BCUT2D eigenvalue weighted by Gasteiger charge is -2.09. The highest BCUT2D eigenvalue weighted by Crippen LogP contribution is 2.38. The predicted molar refractivity (Wildman–Crippen MR) is 82.5 cm³/mol. The van der Waals surface area contributed by atoms with Crippen molar-refractivity contribution in [2.24, 2.45) is 0 Å². The number of nitrogens with one attached hydrogen (secondary N) is 1. The number of benzene rings is 2. The molecule has 2 aromatic carbocycles. The maximum atomic E-state index is 11.5. The van der Waals surface area contributed by atoms with Crippen LogP contribution in [-0.4, -0.2) is 10.8 Å². The minimum Gasteiger partial charge on any atom is -0.324 e. The second kappa shape index (κ2) is 7.24. The minimum absolute atomic E-state index is 0.00524. The SMILES string of the molecule is N#CCC(=O)Nc1ccccc1Sc1ccccc1[N+](=O)[O-]. The van der Waals surface area contributed by atoms with Gasteiger partial charge in [-0.2, -0.15) is 5.26 Å². The number of nitriles is 1. The minimum atomic E-state index is -0.445. The standard InChI is InChI=1S/C15H11N3O3S/c16-10-9-15(19)17-11-5-1-3-7-13(11)22-14-8-4-2-6-12(14)18(20)21/h1-8H,9H2,(H,17,19). The number of carbonyl (C=O) groups is 1. The van der Waals surface area contributed by atoms with Gasteiger partial charge in [-0.3, -0.25) is 14.9 Å². The largest absolute Gasteiger partial charge is 0.324 e. The topological polar surface area (TPSA) is 96.0 Å². The molecule has 1 N–H and O–H groups in total. The average Bonchev–Trinajstić information content (AvgIpc) is 2.50. The van der Waals surface area contributed by atoms with E-state index in [1.54, 1.807) is 48.5 Å². The quantitative estimate of drug-likeness (QED) is 0.672. The van der Waals surface area contributed by atoms with Crippen LogP contribution in [-0.2, 0) is 4.79 Å². The van der Waals surface area contributed by atoms with E-state index in [4.69, 9.17) is 5.26 Å². The summed E-state index contributed by atoms with van der Waals surface area (Å²) in [5.74, 6) is -0.418. The second-order valence-corrected chi connectivity index (χ2v) is 5.29. The summed E-state index contributed by atoms with van der Waals surface area (Å²) in [6.07, 6.45) is -0.246. The first-order chi connectivity index (χ1) is 10.6. The van der Waals surface area contributed by atoms with Gasteiger partial charge >= 0.3 is 0 Å². The van der Waals surface area contributed by atoms with E-state index in [9.17, 15) is 14.9 Å². The van der Waals surface area contributed by atoms with Gasteiger partial charge in [0.2, 0.25) is 5.91 Å². The van der Waals surface area contributed by atoms with E-state index in [1.807, 2.05) is 0 Å². The van der Waals surface area contributed by atoms with Crippen LogP contribution in [0.15, 0.2) is 58.3 Å². The van der Waals surface area contributed by atoms with Crippen molar-refractivity contribution in [1.29, 1.82) is 5.26 Å². The van der Waals surface area contributed by atoms with Crippen LogP contribution in [0.2, 0.25) is 0 Å². The molecule has 0 spiro atoms. The molecule has 0 aliphatic heterocycles. The first kappa shape index (κ1) is 15.5. The highest BCUT2D eigenvalue weighted by molar-refractivity contribution is 7.99. The Kier molecular flexibility index (Phi) is 5.11. The molecule has 0 aliphatic carbocycles. The van der Waals surface area contributed by atoms with E-state index in [-0.39, 0.29) is 12.1 Å². The van der Waals surface area contributed by atoms with E-state index in [0.717, 1.165) is 0 Å². The van der Waals surface area contributed by atoms with Crippen LogP contribution < -0.4 is 5.32 Å². The molecule has 0 aliphatic rings. The van der Waals surface area contributed by atoms with Gasteiger partial charge in [0.15, 0.2) is 0 Å². The van der Waals surface area contributed by atoms with Gasteiger partial charge in [-0.1, -0.05) is 36.0 Å². The summed E-state index contributed by atoms with van der Waals surface area (Å²) < 4.78 is 0. The van der Waals surface area contributed by atoms with Gasteiger partial charge in [0.1, 0.15) is 6.42 Å². The Morgan fingerprint density at radius 1 is 1.18 bits per heavy atom.